The van der Waals surface area contributed by atoms with Crippen LogP contribution >= 0.6 is 0 Å². The van der Waals surface area contributed by atoms with E-state index in [9.17, 15) is 9.59 Å². The lowest BCUT2D eigenvalue weighted by Gasteiger charge is -2.41. The zero-order valence-corrected chi connectivity index (χ0v) is 15.5. The number of rotatable bonds is 2. The number of ether oxygens (including phenoxy) is 2. The first-order valence-corrected chi connectivity index (χ1v) is 8.35. The number of carbonyl (C=O) groups excluding carboxylic acids is 2. The summed E-state index contributed by atoms with van der Waals surface area (Å²) >= 11 is 0. The molecule has 1 amide bonds. The quantitative estimate of drug-likeness (QED) is 0.652. The Morgan fingerprint density at radius 2 is 1.92 bits per heavy atom. The molecule has 1 fully saturated rings. The van der Waals surface area contributed by atoms with E-state index in [-0.39, 0.29) is 12.1 Å². The number of nitrogen functional groups attached to an aromatic ring is 1. The summed E-state index contributed by atoms with van der Waals surface area (Å²) in [4.78, 5) is 27.7. The lowest BCUT2D eigenvalue weighted by atomic mass is 10.1. The molecule has 0 aliphatic carbocycles. The second-order valence-corrected chi connectivity index (χ2v) is 7.23. The number of piperazine rings is 1. The molecule has 2 rings (SSSR count). The van der Waals surface area contributed by atoms with Gasteiger partial charge in [-0.15, -0.1) is 0 Å². The van der Waals surface area contributed by atoms with Gasteiger partial charge in [0.2, 0.25) is 0 Å². The molecule has 7 heteroatoms. The highest BCUT2D eigenvalue weighted by atomic mass is 16.6. The van der Waals surface area contributed by atoms with Gasteiger partial charge in [-0.2, -0.15) is 0 Å². The molecule has 0 radical (unpaired) electrons. The third kappa shape index (κ3) is 4.55. The highest BCUT2D eigenvalue weighted by molar-refractivity contribution is 5.92. The number of anilines is 2. The van der Waals surface area contributed by atoms with Crippen molar-refractivity contribution >= 4 is 23.4 Å². The Balaban J connectivity index is 2.09. The fourth-order valence-corrected chi connectivity index (χ4v) is 2.87. The fourth-order valence-electron chi connectivity index (χ4n) is 2.87. The summed E-state index contributed by atoms with van der Waals surface area (Å²) in [7, 11) is 1.34. The van der Waals surface area contributed by atoms with E-state index in [2.05, 4.69) is 4.90 Å². The van der Waals surface area contributed by atoms with E-state index in [1.54, 1.807) is 17.0 Å². The number of amides is 1. The van der Waals surface area contributed by atoms with E-state index < -0.39 is 11.6 Å². The van der Waals surface area contributed by atoms with Gasteiger partial charge < -0.3 is 25.0 Å². The van der Waals surface area contributed by atoms with Gasteiger partial charge in [0.05, 0.1) is 24.0 Å². The highest BCUT2D eigenvalue weighted by Gasteiger charge is 2.30. The van der Waals surface area contributed by atoms with Crippen LogP contribution in [0.25, 0.3) is 0 Å². The minimum Gasteiger partial charge on any atom is -0.465 e. The minimum absolute atomic E-state index is 0.0764. The summed E-state index contributed by atoms with van der Waals surface area (Å²) in [5.41, 5.74) is 7.41. The molecular weight excluding hydrogens is 322 g/mol. The maximum Gasteiger partial charge on any atom is 0.410 e. The molecule has 0 saturated carbocycles. The Bertz CT molecular complexity index is 654. The number of methoxy groups -OCH3 is 1. The Morgan fingerprint density at radius 1 is 1.24 bits per heavy atom. The number of nitrogens with two attached hydrogens (primary N) is 1. The smallest absolute Gasteiger partial charge is 0.410 e. The van der Waals surface area contributed by atoms with Crippen LogP contribution in [0.15, 0.2) is 18.2 Å². The monoisotopic (exact) mass is 349 g/mol. The van der Waals surface area contributed by atoms with E-state index >= 15 is 0 Å². The zero-order chi connectivity index (χ0) is 18.8. The van der Waals surface area contributed by atoms with Gasteiger partial charge in [0.25, 0.3) is 0 Å². The first kappa shape index (κ1) is 18.9. The number of carbonyl (C=O) groups is 2. The van der Waals surface area contributed by atoms with Gasteiger partial charge in [0.15, 0.2) is 0 Å². The zero-order valence-electron chi connectivity index (χ0n) is 15.5. The topological polar surface area (TPSA) is 85.1 Å². The minimum atomic E-state index is -0.508. The van der Waals surface area contributed by atoms with Crippen molar-refractivity contribution < 1.29 is 19.1 Å². The third-order valence-corrected chi connectivity index (χ3v) is 4.04. The molecule has 1 aliphatic rings. The van der Waals surface area contributed by atoms with Gasteiger partial charge in [-0.1, -0.05) is 0 Å². The molecule has 1 heterocycles. The third-order valence-electron chi connectivity index (χ3n) is 4.04. The Hall–Kier alpha value is -2.44. The number of hydrogen-bond donors (Lipinski definition) is 1. The molecule has 1 atom stereocenters. The molecule has 0 bridgehead atoms. The highest BCUT2D eigenvalue weighted by Crippen LogP contribution is 2.28. The van der Waals surface area contributed by atoms with Crippen LogP contribution in [0.3, 0.4) is 0 Å². The maximum absolute atomic E-state index is 12.2. The van der Waals surface area contributed by atoms with Crippen molar-refractivity contribution in [1.29, 1.82) is 0 Å². The predicted octanol–water partition coefficient (Wildman–Crippen LogP) is 2.50. The molecule has 1 aromatic rings. The van der Waals surface area contributed by atoms with Gasteiger partial charge >= 0.3 is 12.1 Å². The molecule has 2 N–H and O–H groups in total. The first-order valence-electron chi connectivity index (χ1n) is 8.35. The van der Waals surface area contributed by atoms with Crippen molar-refractivity contribution in [3.05, 3.63) is 23.8 Å². The second kappa shape index (κ2) is 7.21. The van der Waals surface area contributed by atoms with E-state index in [1.165, 1.54) is 7.11 Å². The van der Waals surface area contributed by atoms with E-state index in [4.69, 9.17) is 15.2 Å². The molecular formula is C18H27N3O4. The molecule has 0 spiro atoms. The summed E-state index contributed by atoms with van der Waals surface area (Å²) in [6.45, 7) is 9.34. The van der Waals surface area contributed by atoms with Crippen LogP contribution in [0.1, 0.15) is 38.1 Å². The average Bonchev–Trinajstić information content (AvgIpc) is 2.52. The Kier molecular flexibility index (Phi) is 5.45. The van der Waals surface area contributed by atoms with Crippen molar-refractivity contribution in [1.82, 2.24) is 4.90 Å². The molecule has 7 nitrogen and oxygen atoms in total. The van der Waals surface area contributed by atoms with E-state index in [1.807, 2.05) is 33.8 Å². The lowest BCUT2D eigenvalue weighted by molar-refractivity contribution is 0.0218. The summed E-state index contributed by atoms with van der Waals surface area (Å²) in [5, 5.41) is 0. The van der Waals surface area contributed by atoms with Crippen molar-refractivity contribution in [2.45, 2.75) is 39.3 Å². The van der Waals surface area contributed by atoms with Crippen LogP contribution in [-0.4, -0.2) is 55.3 Å². The molecule has 1 aliphatic heterocycles. The predicted molar refractivity (Wildman–Crippen MR) is 96.8 cm³/mol. The van der Waals surface area contributed by atoms with Crippen molar-refractivity contribution in [2.24, 2.45) is 0 Å². The average molecular weight is 349 g/mol. The number of esters is 1. The summed E-state index contributed by atoms with van der Waals surface area (Å²) < 4.78 is 10.1. The lowest BCUT2D eigenvalue weighted by Crippen LogP contribution is -2.54. The molecule has 1 aromatic carbocycles. The first-order chi connectivity index (χ1) is 11.6. The number of nitrogens with zero attached hydrogens (tertiary/aromatic N) is 2. The second-order valence-electron chi connectivity index (χ2n) is 7.23. The van der Waals surface area contributed by atoms with Crippen molar-refractivity contribution in [3.63, 3.8) is 0 Å². The largest absolute Gasteiger partial charge is 0.465 e. The fraction of sp³-hybridized carbons (Fsp3) is 0.556. The van der Waals surface area contributed by atoms with Crippen molar-refractivity contribution in [3.8, 4) is 0 Å². The standard InChI is InChI=1S/C18H27N3O4/c1-12-11-20(17(23)25-18(2,3)4)8-9-21(12)15-7-6-13(10-14(15)19)16(22)24-5/h6-7,10,12H,8-9,11,19H2,1-5H3. The normalized spacial score (nSPS) is 18.0. The van der Waals surface area contributed by atoms with Gasteiger partial charge in [0, 0.05) is 25.7 Å². The molecule has 1 unspecified atom stereocenters. The summed E-state index contributed by atoms with van der Waals surface area (Å²) in [6.07, 6.45) is -0.298. The van der Waals surface area contributed by atoms with Crippen molar-refractivity contribution in [2.75, 3.05) is 37.4 Å². The van der Waals surface area contributed by atoms with Gasteiger partial charge in [-0.3, -0.25) is 0 Å². The van der Waals surface area contributed by atoms with Crippen LogP contribution in [-0.2, 0) is 9.47 Å². The molecule has 138 valence electrons. The molecule has 0 aromatic heterocycles. The van der Waals surface area contributed by atoms with Crippen LogP contribution in [0, 0.1) is 0 Å². The Labute approximate surface area is 148 Å². The maximum atomic E-state index is 12.2. The van der Waals surface area contributed by atoms with Gasteiger partial charge in [0.1, 0.15) is 5.60 Å². The van der Waals surface area contributed by atoms with Crippen LogP contribution in [0.4, 0.5) is 16.2 Å². The van der Waals surface area contributed by atoms with Crippen LogP contribution < -0.4 is 10.6 Å². The van der Waals surface area contributed by atoms with Gasteiger partial charge in [-0.25, -0.2) is 9.59 Å². The molecule has 25 heavy (non-hydrogen) atoms. The van der Waals surface area contributed by atoms with Crippen LogP contribution in [0.2, 0.25) is 0 Å². The summed E-state index contributed by atoms with van der Waals surface area (Å²) in [5.74, 6) is -0.416. The van der Waals surface area contributed by atoms with E-state index in [0.717, 1.165) is 5.69 Å². The van der Waals surface area contributed by atoms with E-state index in [0.29, 0.717) is 30.9 Å². The van der Waals surface area contributed by atoms with Gasteiger partial charge in [-0.05, 0) is 45.9 Å². The van der Waals surface area contributed by atoms with Crippen LogP contribution in [0.5, 0.6) is 0 Å². The Morgan fingerprint density at radius 3 is 2.44 bits per heavy atom. The SMILES string of the molecule is COC(=O)c1ccc(N2CCN(C(=O)OC(C)(C)C)CC2C)c(N)c1. The number of hydrogen-bond acceptors (Lipinski definition) is 6. The number of benzene rings is 1. The molecule has 1 saturated heterocycles. The summed E-state index contributed by atoms with van der Waals surface area (Å²) in [6, 6.07) is 5.22.